The van der Waals surface area contributed by atoms with Crippen molar-refractivity contribution in [2.75, 3.05) is 25.0 Å². The number of hydrogen-bond acceptors (Lipinski definition) is 4. The Morgan fingerprint density at radius 3 is 2.61 bits per heavy atom. The SMILES string of the molecule is CCOC(=O)c1ccc(NC2CCNCC2)cc1. The molecular weight excluding hydrogens is 228 g/mol. The largest absolute Gasteiger partial charge is 0.462 e. The fourth-order valence-electron chi connectivity index (χ4n) is 2.12. The van der Waals surface area contributed by atoms with E-state index in [0.717, 1.165) is 31.6 Å². The van der Waals surface area contributed by atoms with E-state index in [-0.39, 0.29) is 5.97 Å². The molecule has 0 unspecified atom stereocenters. The second-order valence-corrected chi connectivity index (χ2v) is 4.47. The van der Waals surface area contributed by atoms with E-state index < -0.39 is 0 Å². The summed E-state index contributed by atoms with van der Waals surface area (Å²) in [5, 5.41) is 6.82. The number of anilines is 1. The molecule has 0 aliphatic carbocycles. The Bertz CT molecular complexity index is 383. The highest BCUT2D eigenvalue weighted by molar-refractivity contribution is 5.89. The number of nitrogens with one attached hydrogen (secondary N) is 2. The van der Waals surface area contributed by atoms with E-state index in [1.807, 2.05) is 19.1 Å². The van der Waals surface area contributed by atoms with Crippen molar-refractivity contribution in [3.63, 3.8) is 0 Å². The molecule has 4 heteroatoms. The molecule has 1 aliphatic rings. The lowest BCUT2D eigenvalue weighted by molar-refractivity contribution is 0.0526. The van der Waals surface area contributed by atoms with Gasteiger partial charge in [-0.25, -0.2) is 4.79 Å². The molecule has 0 radical (unpaired) electrons. The average molecular weight is 248 g/mol. The summed E-state index contributed by atoms with van der Waals surface area (Å²) >= 11 is 0. The molecule has 1 saturated heterocycles. The molecule has 0 spiro atoms. The van der Waals surface area contributed by atoms with Crippen LogP contribution in [0.1, 0.15) is 30.1 Å². The topological polar surface area (TPSA) is 50.4 Å². The molecule has 1 fully saturated rings. The van der Waals surface area contributed by atoms with Gasteiger partial charge in [-0.15, -0.1) is 0 Å². The van der Waals surface area contributed by atoms with Crippen LogP contribution in [0.2, 0.25) is 0 Å². The lowest BCUT2D eigenvalue weighted by Gasteiger charge is -2.24. The molecule has 2 N–H and O–H groups in total. The molecule has 2 rings (SSSR count). The van der Waals surface area contributed by atoms with Crippen LogP contribution in [0.3, 0.4) is 0 Å². The van der Waals surface area contributed by atoms with Crippen molar-refractivity contribution < 1.29 is 9.53 Å². The Kier molecular flexibility index (Phi) is 4.59. The van der Waals surface area contributed by atoms with Crippen LogP contribution in [-0.2, 0) is 4.74 Å². The lowest BCUT2D eigenvalue weighted by atomic mass is 10.1. The summed E-state index contributed by atoms with van der Waals surface area (Å²) in [5.41, 5.74) is 1.67. The number of carbonyl (C=O) groups is 1. The first-order valence-corrected chi connectivity index (χ1v) is 6.54. The molecule has 1 aromatic rings. The van der Waals surface area contributed by atoms with Crippen LogP contribution in [0.5, 0.6) is 0 Å². The predicted molar refractivity (Wildman–Crippen MR) is 71.9 cm³/mol. The van der Waals surface area contributed by atoms with Gasteiger partial charge in [0.25, 0.3) is 0 Å². The van der Waals surface area contributed by atoms with Crippen LogP contribution in [0.15, 0.2) is 24.3 Å². The quantitative estimate of drug-likeness (QED) is 0.800. The standard InChI is InChI=1S/C14H20N2O2/c1-2-18-14(17)11-3-5-12(6-4-11)16-13-7-9-15-10-8-13/h3-6,13,15-16H,2,7-10H2,1H3. The Hall–Kier alpha value is -1.55. The molecule has 0 amide bonds. The summed E-state index contributed by atoms with van der Waals surface area (Å²) in [6, 6.07) is 8.02. The minimum Gasteiger partial charge on any atom is -0.462 e. The molecular formula is C14H20N2O2. The van der Waals surface area contributed by atoms with Gasteiger partial charge in [0.2, 0.25) is 0 Å². The summed E-state index contributed by atoms with van der Waals surface area (Å²) in [5.74, 6) is -0.258. The fraction of sp³-hybridized carbons (Fsp3) is 0.500. The van der Waals surface area contributed by atoms with Gasteiger partial charge in [-0.1, -0.05) is 0 Å². The highest BCUT2D eigenvalue weighted by Crippen LogP contribution is 2.15. The Morgan fingerprint density at radius 1 is 1.33 bits per heavy atom. The molecule has 1 heterocycles. The zero-order valence-corrected chi connectivity index (χ0v) is 10.7. The third-order valence-electron chi connectivity index (χ3n) is 3.11. The Morgan fingerprint density at radius 2 is 2.00 bits per heavy atom. The third-order valence-corrected chi connectivity index (χ3v) is 3.11. The number of esters is 1. The highest BCUT2D eigenvalue weighted by atomic mass is 16.5. The van der Waals surface area contributed by atoms with Crippen molar-refractivity contribution in [1.29, 1.82) is 0 Å². The average Bonchev–Trinajstić information content (AvgIpc) is 2.41. The van der Waals surface area contributed by atoms with Crippen molar-refractivity contribution in [2.24, 2.45) is 0 Å². The first-order chi connectivity index (χ1) is 8.79. The van der Waals surface area contributed by atoms with Crippen LogP contribution in [-0.4, -0.2) is 31.7 Å². The van der Waals surface area contributed by atoms with Gasteiger partial charge in [0.1, 0.15) is 0 Å². The number of piperidine rings is 1. The molecule has 1 aromatic carbocycles. The van der Waals surface area contributed by atoms with Crippen molar-refractivity contribution >= 4 is 11.7 Å². The van der Waals surface area contributed by atoms with Gasteiger partial charge in [0.05, 0.1) is 12.2 Å². The van der Waals surface area contributed by atoms with Gasteiger partial charge in [-0.2, -0.15) is 0 Å². The molecule has 0 atom stereocenters. The minimum atomic E-state index is -0.258. The maximum absolute atomic E-state index is 11.5. The summed E-state index contributed by atoms with van der Waals surface area (Å²) in [4.78, 5) is 11.5. The maximum Gasteiger partial charge on any atom is 0.338 e. The first kappa shape index (κ1) is 12.9. The summed E-state index contributed by atoms with van der Waals surface area (Å²) in [6.45, 7) is 4.36. The number of carbonyl (C=O) groups excluding carboxylic acids is 1. The van der Waals surface area contributed by atoms with Gasteiger partial charge in [-0.3, -0.25) is 0 Å². The fourth-order valence-corrected chi connectivity index (χ4v) is 2.12. The molecule has 1 aliphatic heterocycles. The Balaban J connectivity index is 1.92. The van der Waals surface area contributed by atoms with Crippen molar-refractivity contribution in [3.8, 4) is 0 Å². The molecule has 0 bridgehead atoms. The second kappa shape index (κ2) is 6.40. The molecule has 98 valence electrons. The van der Waals surface area contributed by atoms with E-state index in [4.69, 9.17) is 4.74 Å². The van der Waals surface area contributed by atoms with Crippen LogP contribution in [0.4, 0.5) is 5.69 Å². The smallest absolute Gasteiger partial charge is 0.338 e. The molecule has 4 nitrogen and oxygen atoms in total. The maximum atomic E-state index is 11.5. The molecule has 0 aromatic heterocycles. The summed E-state index contributed by atoms with van der Waals surface area (Å²) in [6.07, 6.45) is 2.28. The van der Waals surface area contributed by atoms with Gasteiger partial charge >= 0.3 is 5.97 Å². The zero-order valence-electron chi connectivity index (χ0n) is 10.7. The lowest BCUT2D eigenvalue weighted by Crippen LogP contribution is -2.35. The number of benzene rings is 1. The van der Waals surface area contributed by atoms with Crippen LogP contribution >= 0.6 is 0 Å². The van der Waals surface area contributed by atoms with E-state index in [9.17, 15) is 4.79 Å². The summed E-state index contributed by atoms with van der Waals surface area (Å²) in [7, 11) is 0. The van der Waals surface area contributed by atoms with Crippen molar-refractivity contribution in [2.45, 2.75) is 25.8 Å². The monoisotopic (exact) mass is 248 g/mol. The highest BCUT2D eigenvalue weighted by Gasteiger charge is 2.12. The van der Waals surface area contributed by atoms with Crippen molar-refractivity contribution in [3.05, 3.63) is 29.8 Å². The summed E-state index contributed by atoms with van der Waals surface area (Å²) < 4.78 is 4.95. The Labute approximate surface area is 108 Å². The van der Waals surface area contributed by atoms with Crippen LogP contribution < -0.4 is 10.6 Å². The zero-order chi connectivity index (χ0) is 12.8. The van der Waals surface area contributed by atoms with Crippen molar-refractivity contribution in [1.82, 2.24) is 5.32 Å². The number of ether oxygens (including phenoxy) is 1. The molecule has 0 saturated carbocycles. The van der Waals surface area contributed by atoms with E-state index in [2.05, 4.69) is 10.6 Å². The van der Waals surface area contributed by atoms with E-state index in [1.165, 1.54) is 0 Å². The van der Waals surface area contributed by atoms with E-state index in [0.29, 0.717) is 18.2 Å². The third kappa shape index (κ3) is 3.47. The predicted octanol–water partition coefficient (Wildman–Crippen LogP) is 2.03. The first-order valence-electron chi connectivity index (χ1n) is 6.54. The van der Waals surface area contributed by atoms with Crippen LogP contribution in [0, 0.1) is 0 Å². The van der Waals surface area contributed by atoms with E-state index >= 15 is 0 Å². The van der Waals surface area contributed by atoms with E-state index in [1.54, 1.807) is 12.1 Å². The number of rotatable bonds is 4. The van der Waals surface area contributed by atoms with Crippen LogP contribution in [0.25, 0.3) is 0 Å². The molecule has 18 heavy (non-hydrogen) atoms. The van der Waals surface area contributed by atoms with Gasteiger partial charge in [-0.05, 0) is 57.1 Å². The second-order valence-electron chi connectivity index (χ2n) is 4.47. The van der Waals surface area contributed by atoms with Gasteiger partial charge in [0.15, 0.2) is 0 Å². The minimum absolute atomic E-state index is 0.258. The van der Waals surface area contributed by atoms with Gasteiger partial charge in [0, 0.05) is 11.7 Å². The number of hydrogen-bond donors (Lipinski definition) is 2. The van der Waals surface area contributed by atoms with Gasteiger partial charge < -0.3 is 15.4 Å². The normalized spacial score (nSPS) is 16.3.